The average molecular weight is 451 g/mol. The molecular formula is C26H34N4OS. The summed E-state index contributed by atoms with van der Waals surface area (Å²) < 4.78 is 0. The summed E-state index contributed by atoms with van der Waals surface area (Å²) in [6.07, 6.45) is 11.4. The first-order valence-electron chi connectivity index (χ1n) is 11.7. The largest absolute Gasteiger partial charge is 0.334 e. The lowest BCUT2D eigenvalue weighted by molar-refractivity contribution is -0.127. The Balaban J connectivity index is 1.63. The van der Waals surface area contributed by atoms with Crippen LogP contribution in [0.5, 0.6) is 0 Å². The lowest BCUT2D eigenvalue weighted by atomic mass is 9.97. The molecule has 1 atom stereocenters. The van der Waals surface area contributed by atoms with Crippen LogP contribution in [0.3, 0.4) is 0 Å². The van der Waals surface area contributed by atoms with Crippen LogP contribution in [0.1, 0.15) is 67.6 Å². The van der Waals surface area contributed by atoms with E-state index in [1.54, 1.807) is 24.2 Å². The predicted octanol–water partition coefficient (Wildman–Crippen LogP) is 5.47. The molecule has 1 aliphatic heterocycles. The van der Waals surface area contributed by atoms with Crippen LogP contribution in [-0.4, -0.2) is 47.4 Å². The number of amides is 1. The highest BCUT2D eigenvalue weighted by molar-refractivity contribution is 7.10. The van der Waals surface area contributed by atoms with Crippen LogP contribution in [0.4, 0.5) is 0 Å². The quantitative estimate of drug-likeness (QED) is 0.356. The van der Waals surface area contributed by atoms with E-state index in [-0.39, 0.29) is 17.5 Å². The monoisotopic (exact) mass is 450 g/mol. The minimum absolute atomic E-state index is 0.0528. The van der Waals surface area contributed by atoms with E-state index in [1.807, 2.05) is 5.38 Å². The molecule has 1 aromatic carbocycles. The first-order chi connectivity index (χ1) is 15.6. The van der Waals surface area contributed by atoms with Gasteiger partial charge in [0.25, 0.3) is 5.91 Å². The molecule has 2 heterocycles. The molecule has 1 fully saturated rings. The van der Waals surface area contributed by atoms with Crippen molar-refractivity contribution in [3.05, 3.63) is 57.6 Å². The molecule has 2 aromatic rings. The molecule has 3 rings (SSSR count). The van der Waals surface area contributed by atoms with Gasteiger partial charge >= 0.3 is 0 Å². The van der Waals surface area contributed by atoms with Gasteiger partial charge in [0.2, 0.25) is 0 Å². The number of carbonyl (C=O) groups excluding carboxylic acids is 1. The number of hydrogen-bond acceptors (Lipinski definition) is 5. The highest BCUT2D eigenvalue weighted by Crippen LogP contribution is 2.27. The number of carbonyl (C=O) groups is 1. The van der Waals surface area contributed by atoms with E-state index >= 15 is 0 Å². The summed E-state index contributed by atoms with van der Waals surface area (Å²) in [5.41, 5.74) is 2.59. The molecule has 32 heavy (non-hydrogen) atoms. The van der Waals surface area contributed by atoms with Gasteiger partial charge in [0.15, 0.2) is 0 Å². The Morgan fingerprint density at radius 2 is 2.03 bits per heavy atom. The first kappa shape index (κ1) is 24.2. The fourth-order valence-electron chi connectivity index (χ4n) is 4.36. The van der Waals surface area contributed by atoms with E-state index < -0.39 is 0 Å². The van der Waals surface area contributed by atoms with Crippen LogP contribution in [-0.2, 0) is 11.2 Å². The minimum Gasteiger partial charge on any atom is -0.334 e. The van der Waals surface area contributed by atoms with Crippen molar-refractivity contribution in [2.45, 2.75) is 57.9 Å². The number of nitrogens with zero attached hydrogens (tertiary/aromatic N) is 4. The van der Waals surface area contributed by atoms with Gasteiger partial charge in [0.05, 0.1) is 6.04 Å². The average Bonchev–Trinajstić information content (AvgIpc) is 3.35. The number of rotatable bonds is 10. The summed E-state index contributed by atoms with van der Waals surface area (Å²) in [6.45, 7) is 5.80. The summed E-state index contributed by atoms with van der Waals surface area (Å²) >= 11 is 1.42. The number of hydrogen-bond donors (Lipinski definition) is 0. The molecule has 1 amide bonds. The molecular weight excluding hydrogens is 416 g/mol. The zero-order valence-electron chi connectivity index (χ0n) is 19.3. The van der Waals surface area contributed by atoms with E-state index in [1.165, 1.54) is 62.2 Å². The minimum atomic E-state index is -0.258. The molecule has 1 saturated heterocycles. The van der Waals surface area contributed by atoms with Crippen molar-refractivity contribution in [3.8, 4) is 6.07 Å². The molecule has 0 spiro atoms. The lowest BCUT2D eigenvalue weighted by Gasteiger charge is -2.28. The number of piperidine rings is 1. The number of benzene rings is 1. The zero-order chi connectivity index (χ0) is 22.8. The standard InChI is InChI=1S/C26H34N4OS/c1-3-8-24(29(2)26(31)23(20-27)19-25-28-14-18-32-25)22-12-10-21(11-13-22)9-7-17-30-15-5-4-6-16-30/h10-14,18-19,24H,3-9,15-17H2,1-2H3/b23-19+. The Labute approximate surface area is 196 Å². The molecule has 0 aliphatic carbocycles. The third-order valence-corrected chi connectivity index (χ3v) is 6.90. The Morgan fingerprint density at radius 3 is 2.66 bits per heavy atom. The lowest BCUT2D eigenvalue weighted by Crippen LogP contribution is -2.32. The Hall–Kier alpha value is -2.49. The van der Waals surface area contributed by atoms with Crippen LogP contribution in [0.15, 0.2) is 41.4 Å². The third kappa shape index (κ3) is 6.75. The SMILES string of the molecule is CCCC(c1ccc(CCCN2CCCCC2)cc1)N(C)C(=O)/C(C#N)=C/c1nccs1. The molecule has 0 bridgehead atoms. The van der Waals surface area contributed by atoms with E-state index in [9.17, 15) is 10.1 Å². The van der Waals surface area contributed by atoms with Crippen LogP contribution in [0, 0.1) is 11.3 Å². The molecule has 1 unspecified atom stereocenters. The second kappa shape index (κ2) is 12.5. The highest BCUT2D eigenvalue weighted by atomic mass is 32.1. The Morgan fingerprint density at radius 1 is 1.28 bits per heavy atom. The fourth-order valence-corrected chi connectivity index (χ4v) is 4.92. The normalized spacial score (nSPS) is 15.8. The maximum atomic E-state index is 13.1. The van der Waals surface area contributed by atoms with Crippen LogP contribution in [0.25, 0.3) is 6.08 Å². The molecule has 170 valence electrons. The smallest absolute Gasteiger partial charge is 0.264 e. The van der Waals surface area contributed by atoms with Crippen LogP contribution < -0.4 is 0 Å². The van der Waals surface area contributed by atoms with Crippen molar-refractivity contribution < 1.29 is 4.79 Å². The summed E-state index contributed by atoms with van der Waals surface area (Å²) in [7, 11) is 1.79. The topological polar surface area (TPSA) is 60.2 Å². The zero-order valence-corrected chi connectivity index (χ0v) is 20.1. The second-order valence-corrected chi connectivity index (χ2v) is 9.43. The van der Waals surface area contributed by atoms with E-state index in [4.69, 9.17) is 0 Å². The number of aryl methyl sites for hydroxylation is 1. The van der Waals surface area contributed by atoms with Crippen molar-refractivity contribution in [1.82, 2.24) is 14.8 Å². The van der Waals surface area contributed by atoms with Gasteiger partial charge in [0, 0.05) is 18.6 Å². The van der Waals surface area contributed by atoms with Crippen molar-refractivity contribution in [3.63, 3.8) is 0 Å². The first-order valence-corrected chi connectivity index (χ1v) is 12.6. The molecule has 1 aromatic heterocycles. The molecule has 0 saturated carbocycles. The van der Waals surface area contributed by atoms with Gasteiger partial charge in [-0.15, -0.1) is 11.3 Å². The summed E-state index contributed by atoms with van der Waals surface area (Å²) in [5, 5.41) is 12.1. The number of likely N-dealkylation sites (N-methyl/N-ethyl adjacent to an activating group) is 1. The maximum absolute atomic E-state index is 13.1. The molecule has 1 aliphatic rings. The van der Waals surface area contributed by atoms with Crippen LogP contribution >= 0.6 is 11.3 Å². The highest BCUT2D eigenvalue weighted by Gasteiger charge is 2.24. The van der Waals surface area contributed by atoms with E-state index in [2.05, 4.69) is 47.1 Å². The van der Waals surface area contributed by atoms with Gasteiger partial charge < -0.3 is 9.80 Å². The van der Waals surface area contributed by atoms with Gasteiger partial charge in [-0.1, -0.05) is 44.0 Å². The predicted molar refractivity (Wildman–Crippen MR) is 131 cm³/mol. The van der Waals surface area contributed by atoms with Crippen molar-refractivity contribution in [1.29, 1.82) is 5.26 Å². The molecule has 0 N–H and O–H groups in total. The second-order valence-electron chi connectivity index (χ2n) is 8.51. The van der Waals surface area contributed by atoms with Gasteiger partial charge in [-0.3, -0.25) is 4.79 Å². The Kier molecular flexibility index (Phi) is 9.45. The molecule has 5 nitrogen and oxygen atoms in total. The van der Waals surface area contributed by atoms with Gasteiger partial charge in [-0.2, -0.15) is 5.26 Å². The van der Waals surface area contributed by atoms with Gasteiger partial charge in [-0.05, 0) is 68.9 Å². The molecule has 0 radical (unpaired) electrons. The Bertz CT molecular complexity index is 908. The summed E-state index contributed by atoms with van der Waals surface area (Å²) in [4.78, 5) is 21.5. The van der Waals surface area contributed by atoms with Gasteiger partial charge in [0.1, 0.15) is 16.6 Å². The fraction of sp³-hybridized carbons (Fsp3) is 0.500. The van der Waals surface area contributed by atoms with Crippen molar-refractivity contribution in [2.24, 2.45) is 0 Å². The number of aromatic nitrogens is 1. The van der Waals surface area contributed by atoms with Crippen molar-refractivity contribution >= 4 is 23.3 Å². The number of likely N-dealkylation sites (tertiary alicyclic amines) is 1. The number of nitriles is 1. The van der Waals surface area contributed by atoms with Crippen LogP contribution in [0.2, 0.25) is 0 Å². The van der Waals surface area contributed by atoms with Crippen molar-refractivity contribution in [2.75, 3.05) is 26.7 Å². The van der Waals surface area contributed by atoms with E-state index in [0.29, 0.717) is 5.01 Å². The summed E-state index contributed by atoms with van der Waals surface area (Å²) in [5.74, 6) is -0.258. The number of thiazole rings is 1. The molecule has 6 heteroatoms. The summed E-state index contributed by atoms with van der Waals surface area (Å²) in [6, 6.07) is 10.7. The maximum Gasteiger partial charge on any atom is 0.264 e. The van der Waals surface area contributed by atoms with Gasteiger partial charge in [-0.25, -0.2) is 4.98 Å². The van der Waals surface area contributed by atoms with E-state index in [0.717, 1.165) is 24.8 Å². The third-order valence-electron chi connectivity index (χ3n) is 6.17.